The minimum atomic E-state index is -0.987. The predicted octanol–water partition coefficient (Wildman–Crippen LogP) is 0.666. The molecule has 1 radical (unpaired) electrons. The standard InChI is InChI=1S/C10H12FO3/c1-7-3-2-4-9(10(7)11)14-6-8(13)5-12/h2,4,8,12-13H,5-6H2,1H3. The van der Waals surface area contributed by atoms with Crippen molar-refractivity contribution in [1.29, 1.82) is 0 Å². The summed E-state index contributed by atoms with van der Waals surface area (Å²) in [4.78, 5) is 0. The summed E-state index contributed by atoms with van der Waals surface area (Å²) in [5.74, 6) is -0.425. The van der Waals surface area contributed by atoms with Gasteiger partial charge in [-0.25, -0.2) is 4.39 Å². The van der Waals surface area contributed by atoms with Crippen LogP contribution in [0.3, 0.4) is 0 Å². The first-order valence-corrected chi connectivity index (χ1v) is 4.23. The molecule has 1 aromatic rings. The van der Waals surface area contributed by atoms with Gasteiger partial charge in [-0.3, -0.25) is 0 Å². The van der Waals surface area contributed by atoms with Gasteiger partial charge in [0.25, 0.3) is 0 Å². The highest BCUT2D eigenvalue weighted by atomic mass is 19.1. The van der Waals surface area contributed by atoms with Gasteiger partial charge >= 0.3 is 0 Å². The van der Waals surface area contributed by atoms with Crippen LogP contribution in [0.2, 0.25) is 0 Å². The first-order chi connectivity index (χ1) is 6.65. The third-order valence-corrected chi connectivity index (χ3v) is 1.72. The molecular weight excluding hydrogens is 187 g/mol. The van der Waals surface area contributed by atoms with Crippen molar-refractivity contribution in [3.63, 3.8) is 0 Å². The van der Waals surface area contributed by atoms with Crippen LogP contribution in [0, 0.1) is 18.8 Å². The molecule has 14 heavy (non-hydrogen) atoms. The van der Waals surface area contributed by atoms with Crippen molar-refractivity contribution in [2.45, 2.75) is 13.0 Å². The van der Waals surface area contributed by atoms with Crippen molar-refractivity contribution in [2.75, 3.05) is 13.2 Å². The largest absolute Gasteiger partial charge is 0.488 e. The number of hydrogen-bond donors (Lipinski definition) is 2. The Morgan fingerprint density at radius 2 is 2.36 bits per heavy atom. The van der Waals surface area contributed by atoms with Crippen molar-refractivity contribution in [3.05, 3.63) is 29.6 Å². The molecule has 0 amide bonds. The third kappa shape index (κ3) is 2.68. The van der Waals surface area contributed by atoms with E-state index in [1.54, 1.807) is 13.0 Å². The number of hydrogen-bond acceptors (Lipinski definition) is 3. The Hall–Kier alpha value is -1.13. The van der Waals surface area contributed by atoms with Crippen molar-refractivity contribution in [3.8, 4) is 5.75 Å². The molecule has 77 valence electrons. The Labute approximate surface area is 81.8 Å². The Balaban J connectivity index is 2.63. The van der Waals surface area contributed by atoms with Gasteiger partial charge in [-0.2, -0.15) is 0 Å². The van der Waals surface area contributed by atoms with E-state index in [1.807, 2.05) is 0 Å². The summed E-state index contributed by atoms with van der Waals surface area (Å²) in [5, 5.41) is 17.5. The summed E-state index contributed by atoms with van der Waals surface area (Å²) in [6.45, 7) is 1.04. The number of aliphatic hydroxyl groups excluding tert-OH is 2. The van der Waals surface area contributed by atoms with Gasteiger partial charge in [-0.1, -0.05) is 6.07 Å². The van der Waals surface area contributed by atoms with Crippen LogP contribution < -0.4 is 4.74 Å². The molecule has 3 nitrogen and oxygen atoms in total. The van der Waals surface area contributed by atoms with Gasteiger partial charge in [0.15, 0.2) is 11.6 Å². The fourth-order valence-electron chi connectivity index (χ4n) is 0.914. The molecule has 1 unspecified atom stereocenters. The number of benzene rings is 1. The Morgan fingerprint density at radius 3 is 3.00 bits per heavy atom. The first-order valence-electron chi connectivity index (χ1n) is 4.23. The molecule has 0 aromatic heterocycles. The van der Waals surface area contributed by atoms with Crippen molar-refractivity contribution in [1.82, 2.24) is 0 Å². The number of rotatable bonds is 4. The smallest absolute Gasteiger partial charge is 0.168 e. The van der Waals surface area contributed by atoms with Gasteiger partial charge in [-0.15, -0.1) is 0 Å². The van der Waals surface area contributed by atoms with E-state index in [0.717, 1.165) is 0 Å². The minimum Gasteiger partial charge on any atom is -0.488 e. The van der Waals surface area contributed by atoms with Gasteiger partial charge < -0.3 is 14.9 Å². The molecule has 0 heterocycles. The Bertz CT molecular complexity index is 301. The topological polar surface area (TPSA) is 49.7 Å². The van der Waals surface area contributed by atoms with Crippen molar-refractivity contribution >= 4 is 0 Å². The molecule has 4 heteroatoms. The molecule has 0 saturated carbocycles. The van der Waals surface area contributed by atoms with E-state index in [2.05, 4.69) is 6.07 Å². The van der Waals surface area contributed by atoms with Gasteiger partial charge in [0.2, 0.25) is 0 Å². The van der Waals surface area contributed by atoms with E-state index in [9.17, 15) is 4.39 Å². The highest BCUT2D eigenvalue weighted by Gasteiger charge is 2.08. The molecule has 1 rings (SSSR count). The van der Waals surface area contributed by atoms with E-state index in [4.69, 9.17) is 14.9 Å². The van der Waals surface area contributed by atoms with Crippen molar-refractivity contribution < 1.29 is 19.3 Å². The number of ether oxygens (including phenoxy) is 1. The van der Waals surface area contributed by atoms with Crippen molar-refractivity contribution in [2.24, 2.45) is 0 Å². The van der Waals surface area contributed by atoms with E-state index in [0.29, 0.717) is 5.56 Å². The molecule has 0 aliphatic rings. The average Bonchev–Trinajstić information content (AvgIpc) is 2.20. The highest BCUT2D eigenvalue weighted by molar-refractivity contribution is 5.29. The summed E-state index contributed by atoms with van der Waals surface area (Å²) in [7, 11) is 0. The summed E-state index contributed by atoms with van der Waals surface area (Å²) >= 11 is 0. The van der Waals surface area contributed by atoms with Crippen LogP contribution >= 0.6 is 0 Å². The van der Waals surface area contributed by atoms with Crippen LogP contribution in [-0.2, 0) is 0 Å². The number of aliphatic hydroxyl groups is 2. The Morgan fingerprint density at radius 1 is 1.64 bits per heavy atom. The van der Waals surface area contributed by atoms with Crippen LogP contribution in [0.1, 0.15) is 5.56 Å². The van der Waals surface area contributed by atoms with E-state index < -0.39 is 18.5 Å². The SMILES string of the molecule is Cc1[c]ccc(OCC(O)CO)c1F. The normalized spacial score (nSPS) is 12.6. The molecule has 0 aliphatic heterocycles. The molecule has 1 aromatic carbocycles. The van der Waals surface area contributed by atoms with Crippen LogP contribution in [0.5, 0.6) is 5.75 Å². The third-order valence-electron chi connectivity index (χ3n) is 1.72. The summed E-state index contributed by atoms with van der Waals surface area (Å²) < 4.78 is 18.2. The zero-order chi connectivity index (χ0) is 10.6. The monoisotopic (exact) mass is 199 g/mol. The zero-order valence-electron chi connectivity index (χ0n) is 7.83. The maximum atomic E-state index is 13.3. The zero-order valence-corrected chi connectivity index (χ0v) is 7.83. The molecule has 0 saturated heterocycles. The lowest BCUT2D eigenvalue weighted by atomic mass is 10.2. The summed E-state index contributed by atoms with van der Waals surface area (Å²) in [6.07, 6.45) is -0.987. The first kappa shape index (κ1) is 10.9. The van der Waals surface area contributed by atoms with E-state index in [1.165, 1.54) is 6.07 Å². The fourth-order valence-corrected chi connectivity index (χ4v) is 0.914. The number of halogens is 1. The van der Waals surface area contributed by atoms with Gasteiger partial charge in [0.1, 0.15) is 12.7 Å². The van der Waals surface area contributed by atoms with E-state index >= 15 is 0 Å². The molecule has 0 bridgehead atoms. The summed E-state index contributed by atoms with van der Waals surface area (Å²) in [5.41, 5.74) is 0.362. The second-order valence-electron chi connectivity index (χ2n) is 2.93. The van der Waals surface area contributed by atoms with Gasteiger partial charge in [-0.05, 0) is 24.6 Å². The van der Waals surface area contributed by atoms with Crippen LogP contribution in [-0.4, -0.2) is 29.5 Å². The molecule has 0 fully saturated rings. The van der Waals surface area contributed by atoms with Crippen LogP contribution in [0.25, 0.3) is 0 Å². The van der Waals surface area contributed by atoms with Crippen LogP contribution in [0.4, 0.5) is 4.39 Å². The lowest BCUT2D eigenvalue weighted by molar-refractivity contribution is 0.0523. The lowest BCUT2D eigenvalue weighted by Gasteiger charge is -2.10. The van der Waals surface area contributed by atoms with Crippen LogP contribution in [0.15, 0.2) is 12.1 Å². The number of aryl methyl sites for hydroxylation is 1. The summed E-state index contributed by atoms with van der Waals surface area (Å²) in [6, 6.07) is 5.64. The second kappa shape index (κ2) is 4.93. The molecule has 2 N–H and O–H groups in total. The molecule has 1 atom stereocenters. The maximum Gasteiger partial charge on any atom is 0.168 e. The molecular formula is C10H12FO3. The minimum absolute atomic E-state index is 0.0637. The predicted molar refractivity (Wildman–Crippen MR) is 48.6 cm³/mol. The van der Waals surface area contributed by atoms with E-state index in [-0.39, 0.29) is 12.4 Å². The quantitative estimate of drug-likeness (QED) is 0.749. The average molecular weight is 199 g/mol. The maximum absolute atomic E-state index is 13.3. The molecule has 0 spiro atoms. The van der Waals surface area contributed by atoms with Gasteiger partial charge in [0, 0.05) is 0 Å². The second-order valence-corrected chi connectivity index (χ2v) is 2.93. The molecule has 0 aliphatic carbocycles. The highest BCUT2D eigenvalue weighted by Crippen LogP contribution is 2.19. The lowest BCUT2D eigenvalue weighted by Crippen LogP contribution is -2.21. The fraction of sp³-hybridized carbons (Fsp3) is 0.400. The Kier molecular flexibility index (Phi) is 3.85. The van der Waals surface area contributed by atoms with Gasteiger partial charge in [0.05, 0.1) is 6.61 Å².